The lowest BCUT2D eigenvalue weighted by molar-refractivity contribution is -0.189. The van der Waals surface area contributed by atoms with Crippen LogP contribution in [0.3, 0.4) is 0 Å². The van der Waals surface area contributed by atoms with Gasteiger partial charge in [-0.15, -0.1) is 0 Å². The molecule has 0 fully saturated rings. The van der Waals surface area contributed by atoms with E-state index in [2.05, 4.69) is 10.1 Å². The molecule has 2 rings (SSSR count). The molecule has 0 aliphatic carbocycles. The van der Waals surface area contributed by atoms with Gasteiger partial charge in [-0.25, -0.2) is 9.67 Å². The van der Waals surface area contributed by atoms with Gasteiger partial charge in [0.15, 0.2) is 0 Å². The highest BCUT2D eigenvalue weighted by Crippen LogP contribution is 2.42. The highest BCUT2D eigenvalue weighted by molar-refractivity contribution is 6.35. The molecule has 1 N–H and O–H groups in total. The van der Waals surface area contributed by atoms with Crippen molar-refractivity contribution in [1.82, 2.24) is 14.8 Å². The molecule has 0 aliphatic rings. The van der Waals surface area contributed by atoms with Crippen molar-refractivity contribution in [2.45, 2.75) is 38.0 Å². The maximum atomic E-state index is 11.6. The molecule has 1 aromatic carbocycles. The van der Waals surface area contributed by atoms with E-state index in [0.717, 1.165) is 0 Å². The Morgan fingerprint density at radius 1 is 1.42 bits per heavy atom. The lowest BCUT2D eigenvalue weighted by Gasteiger charge is -2.44. The lowest BCUT2D eigenvalue weighted by atomic mass is 9.76. The van der Waals surface area contributed by atoms with Gasteiger partial charge in [0.05, 0.1) is 6.54 Å². The molecule has 2 unspecified atom stereocenters. The maximum absolute atomic E-state index is 11.6. The summed E-state index contributed by atoms with van der Waals surface area (Å²) in [6, 6.07) is 4.80. The summed E-state index contributed by atoms with van der Waals surface area (Å²) >= 11 is 12.3. The van der Waals surface area contributed by atoms with Crippen LogP contribution in [0.15, 0.2) is 30.9 Å². The maximum Gasteiger partial charge on any atom is 0.140 e. The van der Waals surface area contributed by atoms with Crippen LogP contribution >= 0.6 is 23.2 Å². The van der Waals surface area contributed by atoms with Gasteiger partial charge in [-0.3, -0.25) is 0 Å². The van der Waals surface area contributed by atoms with Crippen LogP contribution in [0, 0.1) is 0 Å². The zero-order valence-electron chi connectivity index (χ0n) is 13.4. The molecule has 2 atom stereocenters. The molecule has 1 aromatic heterocycles. The Morgan fingerprint density at radius 2 is 2.17 bits per heavy atom. The van der Waals surface area contributed by atoms with E-state index in [1.165, 1.54) is 23.4 Å². The number of nitrogens with zero attached hydrogens (tertiary/aromatic N) is 3. The number of halogens is 2. The molecular formula is C16H19Cl2N3O3. The van der Waals surface area contributed by atoms with Gasteiger partial charge < -0.3 is 14.6 Å². The van der Waals surface area contributed by atoms with Gasteiger partial charge in [0.1, 0.15) is 30.1 Å². The number of carbonyl (C=O) groups is 1. The number of aldehydes is 1. The average molecular weight is 372 g/mol. The summed E-state index contributed by atoms with van der Waals surface area (Å²) in [6.45, 7) is 3.79. The molecule has 0 radical (unpaired) electrons. The predicted molar refractivity (Wildman–Crippen MR) is 91.1 cm³/mol. The highest BCUT2D eigenvalue weighted by atomic mass is 35.5. The van der Waals surface area contributed by atoms with E-state index in [4.69, 9.17) is 27.9 Å². The van der Waals surface area contributed by atoms with Crippen LogP contribution in [0.2, 0.25) is 10.0 Å². The molecule has 0 amide bonds. The van der Waals surface area contributed by atoms with Crippen LogP contribution in [0.1, 0.15) is 25.8 Å². The Balaban J connectivity index is 2.61. The zero-order valence-corrected chi connectivity index (χ0v) is 15.0. The van der Waals surface area contributed by atoms with Crippen molar-refractivity contribution in [3.05, 3.63) is 46.5 Å². The number of ether oxygens (including phenoxy) is 1. The van der Waals surface area contributed by atoms with Gasteiger partial charge in [0, 0.05) is 28.6 Å². The SMILES string of the molecule is CCOC(C)(CC=O)C(O)(Cn1cncn1)c1ccc(Cl)cc1Cl. The zero-order chi connectivity index (χ0) is 17.8. The Hall–Kier alpha value is -1.47. The second-order valence-electron chi connectivity index (χ2n) is 5.61. The van der Waals surface area contributed by atoms with Crippen LogP contribution < -0.4 is 0 Å². The molecule has 8 heteroatoms. The van der Waals surface area contributed by atoms with Crippen molar-refractivity contribution in [3.63, 3.8) is 0 Å². The minimum atomic E-state index is -1.63. The van der Waals surface area contributed by atoms with Crippen molar-refractivity contribution >= 4 is 29.5 Å². The first-order chi connectivity index (χ1) is 11.4. The van der Waals surface area contributed by atoms with Gasteiger partial charge in [0.2, 0.25) is 0 Å². The van der Waals surface area contributed by atoms with E-state index in [1.807, 2.05) is 0 Å². The Labute approximate surface area is 150 Å². The fraction of sp³-hybridized carbons (Fsp3) is 0.438. The van der Waals surface area contributed by atoms with Gasteiger partial charge in [-0.2, -0.15) is 5.10 Å². The summed E-state index contributed by atoms with van der Waals surface area (Å²) in [4.78, 5) is 15.1. The molecule has 1 heterocycles. The third-order valence-corrected chi connectivity index (χ3v) is 4.59. The number of hydrogen-bond acceptors (Lipinski definition) is 5. The molecule has 0 saturated carbocycles. The largest absolute Gasteiger partial charge is 0.380 e. The highest BCUT2D eigenvalue weighted by Gasteiger charge is 2.50. The summed E-state index contributed by atoms with van der Waals surface area (Å²) in [5, 5.41) is 16.4. The second kappa shape index (κ2) is 7.61. The number of aromatic nitrogens is 3. The number of rotatable bonds is 8. The molecule has 130 valence electrons. The van der Waals surface area contributed by atoms with E-state index < -0.39 is 11.2 Å². The Kier molecular flexibility index (Phi) is 5.98. The van der Waals surface area contributed by atoms with Gasteiger partial charge in [0.25, 0.3) is 0 Å². The average Bonchev–Trinajstić information content (AvgIpc) is 3.00. The van der Waals surface area contributed by atoms with Crippen LogP contribution in [0.25, 0.3) is 0 Å². The summed E-state index contributed by atoms with van der Waals surface area (Å²) in [6.07, 6.45) is 3.53. The third-order valence-electron chi connectivity index (χ3n) is 4.04. The molecule has 0 saturated heterocycles. The predicted octanol–water partition coefficient (Wildman–Crippen LogP) is 2.86. The minimum absolute atomic E-state index is 0.0126. The smallest absolute Gasteiger partial charge is 0.140 e. The number of carbonyl (C=O) groups excluding carboxylic acids is 1. The first-order valence-electron chi connectivity index (χ1n) is 7.44. The first kappa shape index (κ1) is 18.9. The summed E-state index contributed by atoms with van der Waals surface area (Å²) < 4.78 is 7.25. The lowest BCUT2D eigenvalue weighted by Crippen LogP contribution is -2.54. The topological polar surface area (TPSA) is 77.2 Å². The molecule has 2 aromatic rings. The quantitative estimate of drug-likeness (QED) is 0.721. The summed E-state index contributed by atoms with van der Waals surface area (Å²) in [5.41, 5.74) is -2.44. The van der Waals surface area contributed by atoms with Crippen molar-refractivity contribution in [2.75, 3.05) is 6.61 Å². The van der Waals surface area contributed by atoms with Crippen molar-refractivity contribution in [1.29, 1.82) is 0 Å². The van der Waals surface area contributed by atoms with Crippen LogP contribution in [-0.2, 0) is 21.7 Å². The molecule has 0 aliphatic heterocycles. The van der Waals surface area contributed by atoms with Gasteiger partial charge >= 0.3 is 0 Å². The standard InChI is InChI=1S/C16H19Cl2N3O3/c1-3-24-15(2,6-7-22)16(23,9-21-11-19-10-20-21)13-5-4-12(17)8-14(13)18/h4-5,7-8,10-11,23H,3,6,9H2,1-2H3. The van der Waals surface area contributed by atoms with Crippen LogP contribution in [0.5, 0.6) is 0 Å². The van der Waals surface area contributed by atoms with E-state index in [0.29, 0.717) is 23.5 Å². The minimum Gasteiger partial charge on any atom is -0.380 e. The van der Waals surface area contributed by atoms with Crippen molar-refractivity contribution in [3.8, 4) is 0 Å². The van der Waals surface area contributed by atoms with Gasteiger partial charge in [-0.05, 0) is 26.0 Å². The molecule has 0 bridgehead atoms. The third kappa shape index (κ3) is 3.62. The summed E-state index contributed by atoms with van der Waals surface area (Å²) in [7, 11) is 0. The number of aliphatic hydroxyl groups is 1. The molecule has 0 spiro atoms. The number of benzene rings is 1. The summed E-state index contributed by atoms with van der Waals surface area (Å²) in [5.74, 6) is 0. The Morgan fingerprint density at radius 3 is 2.71 bits per heavy atom. The van der Waals surface area contributed by atoms with Crippen LogP contribution in [-0.4, -0.2) is 38.4 Å². The van der Waals surface area contributed by atoms with E-state index in [9.17, 15) is 9.90 Å². The Bertz CT molecular complexity index is 696. The first-order valence-corrected chi connectivity index (χ1v) is 8.20. The fourth-order valence-corrected chi connectivity index (χ4v) is 3.30. The van der Waals surface area contributed by atoms with E-state index in [-0.39, 0.29) is 18.0 Å². The monoisotopic (exact) mass is 371 g/mol. The van der Waals surface area contributed by atoms with Gasteiger partial charge in [-0.1, -0.05) is 29.3 Å². The van der Waals surface area contributed by atoms with Crippen molar-refractivity contribution in [2.24, 2.45) is 0 Å². The second-order valence-corrected chi connectivity index (χ2v) is 6.46. The molecular weight excluding hydrogens is 353 g/mol. The van der Waals surface area contributed by atoms with Crippen LogP contribution in [0.4, 0.5) is 0 Å². The van der Waals surface area contributed by atoms with E-state index >= 15 is 0 Å². The fourth-order valence-electron chi connectivity index (χ4n) is 2.74. The molecule has 6 nitrogen and oxygen atoms in total. The number of hydrogen-bond donors (Lipinski definition) is 1. The molecule has 24 heavy (non-hydrogen) atoms. The normalized spacial score (nSPS) is 16.4. The van der Waals surface area contributed by atoms with Crippen molar-refractivity contribution < 1.29 is 14.6 Å². The van der Waals surface area contributed by atoms with E-state index in [1.54, 1.807) is 26.0 Å².